The lowest BCUT2D eigenvalue weighted by Gasteiger charge is -2.20. The Morgan fingerprint density at radius 3 is 2.42 bits per heavy atom. The lowest BCUT2D eigenvalue weighted by atomic mass is 10.1. The third-order valence-electron chi connectivity index (χ3n) is 4.51. The third-order valence-corrected chi connectivity index (χ3v) is 6.25. The van der Waals surface area contributed by atoms with Gasteiger partial charge in [-0.1, -0.05) is 54.1 Å². The van der Waals surface area contributed by atoms with Crippen LogP contribution in [0.5, 0.6) is 5.75 Å². The van der Waals surface area contributed by atoms with Crippen LogP contribution in [-0.4, -0.2) is 28.0 Å². The predicted octanol–water partition coefficient (Wildman–Crippen LogP) is 3.94. The Bertz CT molecular complexity index is 1170. The molecule has 2 N–H and O–H groups in total. The van der Waals surface area contributed by atoms with Gasteiger partial charge in [0.25, 0.3) is 5.91 Å². The molecule has 0 radical (unpaired) electrons. The highest BCUT2D eigenvalue weighted by molar-refractivity contribution is 7.89. The molecule has 0 spiro atoms. The van der Waals surface area contributed by atoms with Gasteiger partial charge in [-0.25, -0.2) is 17.5 Å². The molecule has 0 heterocycles. The fourth-order valence-electron chi connectivity index (χ4n) is 2.84. The molecule has 0 bridgehead atoms. The quantitative estimate of drug-likeness (QED) is 0.531. The van der Waals surface area contributed by atoms with Crippen molar-refractivity contribution < 1.29 is 22.3 Å². The number of amides is 1. The molecule has 31 heavy (non-hydrogen) atoms. The number of carbonyl (C=O) groups excluding carboxylic acids is 1. The van der Waals surface area contributed by atoms with Crippen LogP contribution in [-0.2, 0) is 10.0 Å². The molecule has 1 atom stereocenters. The summed E-state index contributed by atoms with van der Waals surface area (Å²) >= 11 is 6.15. The molecule has 0 aliphatic rings. The molecule has 0 aliphatic carbocycles. The average Bonchev–Trinajstić information content (AvgIpc) is 2.78. The van der Waals surface area contributed by atoms with Crippen molar-refractivity contribution in [2.45, 2.75) is 10.9 Å². The van der Waals surface area contributed by atoms with Gasteiger partial charge in [-0.15, -0.1) is 0 Å². The minimum absolute atomic E-state index is 0.00943. The van der Waals surface area contributed by atoms with Crippen molar-refractivity contribution in [1.82, 2.24) is 10.0 Å². The summed E-state index contributed by atoms with van der Waals surface area (Å²) < 4.78 is 45.9. The maximum Gasteiger partial charge on any atom is 0.253 e. The number of hydrogen-bond donors (Lipinski definition) is 2. The molecule has 1 amide bonds. The van der Waals surface area contributed by atoms with Crippen LogP contribution in [0.3, 0.4) is 0 Å². The first-order valence-electron chi connectivity index (χ1n) is 9.28. The van der Waals surface area contributed by atoms with Crippen LogP contribution in [0, 0.1) is 5.82 Å². The Morgan fingerprint density at radius 2 is 1.74 bits per heavy atom. The Morgan fingerprint density at radius 1 is 1.06 bits per heavy atom. The zero-order valence-corrected chi connectivity index (χ0v) is 18.1. The predicted molar refractivity (Wildman–Crippen MR) is 116 cm³/mol. The minimum atomic E-state index is -3.76. The van der Waals surface area contributed by atoms with E-state index >= 15 is 0 Å². The van der Waals surface area contributed by atoms with E-state index in [1.54, 1.807) is 36.4 Å². The first kappa shape index (κ1) is 22.7. The van der Waals surface area contributed by atoms with Gasteiger partial charge < -0.3 is 10.1 Å². The summed E-state index contributed by atoms with van der Waals surface area (Å²) in [5.74, 6) is -1.06. The van der Waals surface area contributed by atoms with E-state index in [-0.39, 0.29) is 27.8 Å². The van der Waals surface area contributed by atoms with E-state index in [1.165, 1.54) is 37.4 Å². The maximum atomic E-state index is 13.9. The van der Waals surface area contributed by atoms with Gasteiger partial charge in [-0.05, 0) is 42.9 Å². The molecule has 1 unspecified atom stereocenters. The van der Waals surface area contributed by atoms with E-state index < -0.39 is 27.8 Å². The van der Waals surface area contributed by atoms with E-state index in [0.29, 0.717) is 0 Å². The Balaban J connectivity index is 1.87. The van der Waals surface area contributed by atoms with Crippen molar-refractivity contribution in [1.29, 1.82) is 0 Å². The van der Waals surface area contributed by atoms with Gasteiger partial charge in [0, 0.05) is 0 Å². The largest absolute Gasteiger partial charge is 0.488 e. The number of para-hydroxylation sites is 1. The molecule has 0 fully saturated rings. The van der Waals surface area contributed by atoms with E-state index in [0.717, 1.165) is 5.56 Å². The summed E-state index contributed by atoms with van der Waals surface area (Å²) in [5, 5.41) is 2.88. The second kappa shape index (κ2) is 9.91. The highest BCUT2D eigenvalue weighted by Gasteiger charge is 2.21. The highest BCUT2D eigenvalue weighted by Crippen LogP contribution is 2.23. The second-order valence-corrected chi connectivity index (χ2v) is 8.82. The molecule has 3 aromatic rings. The Labute approximate surface area is 185 Å². The average molecular weight is 463 g/mol. The van der Waals surface area contributed by atoms with Crippen molar-refractivity contribution in [3.63, 3.8) is 0 Å². The van der Waals surface area contributed by atoms with Crippen LogP contribution in [0.4, 0.5) is 4.39 Å². The van der Waals surface area contributed by atoms with Crippen LogP contribution >= 0.6 is 11.6 Å². The molecule has 3 rings (SSSR count). The van der Waals surface area contributed by atoms with Crippen LogP contribution < -0.4 is 14.8 Å². The van der Waals surface area contributed by atoms with E-state index in [4.69, 9.17) is 16.3 Å². The number of nitrogens with one attached hydrogen (secondary N) is 2. The summed E-state index contributed by atoms with van der Waals surface area (Å²) in [6.45, 7) is -0.0528. The number of sulfonamides is 1. The molecule has 0 saturated heterocycles. The first-order chi connectivity index (χ1) is 14.8. The lowest BCUT2D eigenvalue weighted by Crippen LogP contribution is -2.33. The Kier molecular flexibility index (Phi) is 7.27. The van der Waals surface area contributed by atoms with Crippen LogP contribution in [0.1, 0.15) is 22.0 Å². The molecule has 3 aromatic carbocycles. The summed E-state index contributed by atoms with van der Waals surface area (Å²) in [6, 6.07) is 18.2. The summed E-state index contributed by atoms with van der Waals surface area (Å²) in [7, 11) is -2.48. The van der Waals surface area contributed by atoms with Crippen LogP contribution in [0.25, 0.3) is 0 Å². The zero-order chi connectivity index (χ0) is 22.4. The van der Waals surface area contributed by atoms with Crippen LogP contribution in [0.2, 0.25) is 5.02 Å². The number of halogens is 2. The molecule has 0 saturated carbocycles. The van der Waals surface area contributed by atoms with E-state index in [9.17, 15) is 17.6 Å². The molecular formula is C22H20ClFN2O4S. The van der Waals surface area contributed by atoms with Crippen LogP contribution in [0.15, 0.2) is 77.7 Å². The van der Waals surface area contributed by atoms with Gasteiger partial charge in [-0.2, -0.15) is 0 Å². The van der Waals surface area contributed by atoms with Crippen molar-refractivity contribution in [3.8, 4) is 5.75 Å². The number of rotatable bonds is 8. The second-order valence-electron chi connectivity index (χ2n) is 6.53. The van der Waals surface area contributed by atoms with Gasteiger partial charge in [-0.3, -0.25) is 4.79 Å². The van der Waals surface area contributed by atoms with Gasteiger partial charge >= 0.3 is 0 Å². The number of carbonyl (C=O) groups is 1. The summed E-state index contributed by atoms with van der Waals surface area (Å²) in [5.41, 5.74) is 0.715. The van der Waals surface area contributed by atoms with Crippen molar-refractivity contribution >= 4 is 27.5 Å². The number of ether oxygens (including phenoxy) is 1. The maximum absolute atomic E-state index is 13.9. The molecule has 162 valence electrons. The fourth-order valence-corrected chi connectivity index (χ4v) is 3.80. The number of hydrogen-bond acceptors (Lipinski definition) is 4. The van der Waals surface area contributed by atoms with Gasteiger partial charge in [0.05, 0.1) is 21.5 Å². The third kappa shape index (κ3) is 5.61. The Hall–Kier alpha value is -2.94. The molecule has 0 aliphatic heterocycles. The summed E-state index contributed by atoms with van der Waals surface area (Å²) in [4.78, 5) is 12.9. The standard InChI is InChI=1S/C22H20ClFN2O4S/c1-25-31(28,29)16-11-12-18(23)17(13-16)22(27)26-20(15-7-3-2-4-8-15)14-30-21-10-6-5-9-19(21)24/h2-13,20,25H,14H2,1H3,(H,26,27). The lowest BCUT2D eigenvalue weighted by molar-refractivity contribution is 0.0920. The topological polar surface area (TPSA) is 84.5 Å². The van der Waals surface area contributed by atoms with E-state index in [2.05, 4.69) is 10.0 Å². The van der Waals surface area contributed by atoms with Crippen molar-refractivity contribution in [2.24, 2.45) is 0 Å². The normalized spacial score (nSPS) is 12.2. The fraction of sp³-hybridized carbons (Fsp3) is 0.136. The SMILES string of the molecule is CNS(=O)(=O)c1ccc(Cl)c(C(=O)NC(COc2ccccc2F)c2ccccc2)c1. The first-order valence-corrected chi connectivity index (χ1v) is 11.1. The number of benzene rings is 3. The smallest absolute Gasteiger partial charge is 0.253 e. The summed E-state index contributed by atoms with van der Waals surface area (Å²) in [6.07, 6.45) is 0. The molecular weight excluding hydrogens is 443 g/mol. The zero-order valence-electron chi connectivity index (χ0n) is 16.5. The molecule has 6 nitrogen and oxygen atoms in total. The molecule has 0 aromatic heterocycles. The van der Waals surface area contributed by atoms with E-state index in [1.807, 2.05) is 6.07 Å². The molecule has 9 heteroatoms. The van der Waals surface area contributed by atoms with Crippen molar-refractivity contribution in [2.75, 3.05) is 13.7 Å². The van der Waals surface area contributed by atoms with Gasteiger partial charge in [0.15, 0.2) is 11.6 Å². The van der Waals surface area contributed by atoms with Crippen molar-refractivity contribution in [3.05, 3.63) is 94.8 Å². The van der Waals surface area contributed by atoms with Gasteiger partial charge in [0.2, 0.25) is 10.0 Å². The minimum Gasteiger partial charge on any atom is -0.488 e. The highest BCUT2D eigenvalue weighted by atomic mass is 35.5. The van der Waals surface area contributed by atoms with Gasteiger partial charge in [0.1, 0.15) is 6.61 Å². The monoisotopic (exact) mass is 462 g/mol.